The number of rotatable bonds is 7. The number of hydrogen-bond acceptors (Lipinski definition) is 4. The van der Waals surface area contributed by atoms with E-state index in [0.29, 0.717) is 18.7 Å². The first-order valence-corrected chi connectivity index (χ1v) is 7.20. The second-order valence-electron chi connectivity index (χ2n) is 5.10. The summed E-state index contributed by atoms with van der Waals surface area (Å²) in [4.78, 5) is 16.0. The number of amides is 1. The van der Waals surface area contributed by atoms with Crippen molar-refractivity contribution in [2.24, 2.45) is 5.92 Å². The van der Waals surface area contributed by atoms with Crippen molar-refractivity contribution in [1.82, 2.24) is 10.3 Å². The highest BCUT2D eigenvalue weighted by Crippen LogP contribution is 2.08. The second-order valence-corrected chi connectivity index (χ2v) is 5.10. The van der Waals surface area contributed by atoms with Crippen LogP contribution in [0.2, 0.25) is 0 Å². The van der Waals surface area contributed by atoms with Crippen molar-refractivity contribution in [3.63, 3.8) is 0 Å². The molecule has 2 N–H and O–H groups in total. The molecule has 5 nitrogen and oxygen atoms in total. The van der Waals surface area contributed by atoms with Crippen LogP contribution in [0.15, 0.2) is 47.0 Å². The zero-order valence-corrected chi connectivity index (χ0v) is 12.5. The van der Waals surface area contributed by atoms with Gasteiger partial charge in [0.1, 0.15) is 11.5 Å². The third-order valence-electron chi connectivity index (χ3n) is 3.21. The number of aromatic nitrogens is 1. The minimum atomic E-state index is -0.214. The van der Waals surface area contributed by atoms with Crippen LogP contribution in [-0.4, -0.2) is 29.1 Å². The molecule has 0 spiro atoms. The standard InChI is InChI=1S/C17H20N2O3/c1-13-5-6-16(22-13)7-8-17(21)19-11-14(12-20)10-15-4-2-3-9-18-15/h2-9,14,20H,10-12H2,1H3,(H,19,21)/b8-7+. The van der Waals surface area contributed by atoms with Crippen LogP contribution in [0.4, 0.5) is 0 Å². The SMILES string of the molecule is Cc1ccc(/C=C/C(=O)NCC(CO)Cc2ccccn2)o1. The maximum absolute atomic E-state index is 11.8. The second kappa shape index (κ2) is 8.14. The number of carbonyl (C=O) groups excluding carboxylic acids is 1. The van der Waals surface area contributed by atoms with Crippen LogP contribution in [-0.2, 0) is 11.2 Å². The molecule has 2 rings (SSSR count). The summed E-state index contributed by atoms with van der Waals surface area (Å²) in [6, 6.07) is 9.30. The molecule has 0 saturated heterocycles. The van der Waals surface area contributed by atoms with Gasteiger partial charge in [-0.3, -0.25) is 9.78 Å². The first kappa shape index (κ1) is 16.0. The lowest BCUT2D eigenvalue weighted by Gasteiger charge is -2.13. The average Bonchev–Trinajstić information content (AvgIpc) is 2.96. The van der Waals surface area contributed by atoms with Gasteiger partial charge >= 0.3 is 0 Å². The fourth-order valence-corrected chi connectivity index (χ4v) is 2.02. The quantitative estimate of drug-likeness (QED) is 0.767. The molecule has 2 aromatic rings. The molecule has 0 bridgehead atoms. The zero-order valence-electron chi connectivity index (χ0n) is 12.5. The van der Waals surface area contributed by atoms with E-state index in [9.17, 15) is 9.90 Å². The van der Waals surface area contributed by atoms with Gasteiger partial charge in [0.05, 0.1) is 0 Å². The summed E-state index contributed by atoms with van der Waals surface area (Å²) in [6.07, 6.45) is 5.39. The molecule has 0 saturated carbocycles. The van der Waals surface area contributed by atoms with Crippen molar-refractivity contribution in [1.29, 1.82) is 0 Å². The molecule has 0 aliphatic heterocycles. The zero-order chi connectivity index (χ0) is 15.8. The topological polar surface area (TPSA) is 75.4 Å². The Labute approximate surface area is 129 Å². The van der Waals surface area contributed by atoms with E-state index >= 15 is 0 Å². The molecule has 1 amide bonds. The van der Waals surface area contributed by atoms with Crippen molar-refractivity contribution in [3.05, 3.63) is 59.8 Å². The lowest BCUT2D eigenvalue weighted by Crippen LogP contribution is -2.30. The number of nitrogens with one attached hydrogen (secondary N) is 1. The lowest BCUT2D eigenvalue weighted by atomic mass is 10.0. The third-order valence-corrected chi connectivity index (χ3v) is 3.21. The van der Waals surface area contributed by atoms with Crippen molar-refractivity contribution < 1.29 is 14.3 Å². The number of hydrogen-bond donors (Lipinski definition) is 2. The van der Waals surface area contributed by atoms with Crippen LogP contribution < -0.4 is 5.32 Å². The smallest absolute Gasteiger partial charge is 0.244 e. The molecule has 116 valence electrons. The van der Waals surface area contributed by atoms with Crippen molar-refractivity contribution >= 4 is 12.0 Å². The van der Waals surface area contributed by atoms with E-state index in [1.807, 2.05) is 31.2 Å². The fraction of sp³-hybridized carbons (Fsp3) is 0.294. The van der Waals surface area contributed by atoms with E-state index in [1.165, 1.54) is 6.08 Å². The van der Waals surface area contributed by atoms with Crippen LogP contribution in [0.1, 0.15) is 17.2 Å². The molecule has 0 aliphatic rings. The molecule has 22 heavy (non-hydrogen) atoms. The van der Waals surface area contributed by atoms with Gasteiger partial charge in [0.25, 0.3) is 0 Å². The number of pyridine rings is 1. The van der Waals surface area contributed by atoms with E-state index in [1.54, 1.807) is 18.3 Å². The minimum Gasteiger partial charge on any atom is -0.462 e. The molecule has 1 unspecified atom stereocenters. The summed E-state index contributed by atoms with van der Waals surface area (Å²) in [5.74, 6) is 1.17. The maximum atomic E-state index is 11.8. The van der Waals surface area contributed by atoms with Gasteiger partial charge in [-0.2, -0.15) is 0 Å². The third kappa shape index (κ3) is 5.18. The van der Waals surface area contributed by atoms with Crippen molar-refractivity contribution in [2.75, 3.05) is 13.2 Å². The van der Waals surface area contributed by atoms with Crippen molar-refractivity contribution in [3.8, 4) is 0 Å². The molecular weight excluding hydrogens is 280 g/mol. The highest BCUT2D eigenvalue weighted by molar-refractivity contribution is 5.91. The number of carbonyl (C=O) groups is 1. The Hall–Kier alpha value is -2.40. The van der Waals surface area contributed by atoms with Gasteiger partial charge in [-0.15, -0.1) is 0 Å². The summed E-state index contributed by atoms with van der Waals surface area (Å²) in [5.41, 5.74) is 0.900. The molecular formula is C17H20N2O3. The molecule has 0 radical (unpaired) electrons. The molecule has 5 heteroatoms. The van der Waals surface area contributed by atoms with E-state index in [-0.39, 0.29) is 18.4 Å². The summed E-state index contributed by atoms with van der Waals surface area (Å²) in [5, 5.41) is 12.2. The van der Waals surface area contributed by atoms with Crippen LogP contribution in [0.5, 0.6) is 0 Å². The van der Waals surface area contributed by atoms with Gasteiger partial charge in [0, 0.05) is 37.0 Å². The first-order chi connectivity index (χ1) is 10.7. The normalized spacial score (nSPS) is 12.5. The molecule has 0 aromatic carbocycles. The largest absolute Gasteiger partial charge is 0.462 e. The van der Waals surface area contributed by atoms with Gasteiger partial charge in [-0.25, -0.2) is 0 Å². The van der Waals surface area contributed by atoms with Gasteiger partial charge in [0.2, 0.25) is 5.91 Å². The van der Waals surface area contributed by atoms with Gasteiger partial charge in [0.15, 0.2) is 0 Å². The fourth-order valence-electron chi connectivity index (χ4n) is 2.02. The Bertz CT molecular complexity index is 620. The Morgan fingerprint density at radius 3 is 2.91 bits per heavy atom. The van der Waals surface area contributed by atoms with Gasteiger partial charge < -0.3 is 14.8 Å². The Kier molecular flexibility index (Phi) is 5.91. The minimum absolute atomic E-state index is 0.00204. The monoisotopic (exact) mass is 300 g/mol. The molecule has 1 atom stereocenters. The average molecular weight is 300 g/mol. The number of furan rings is 1. The van der Waals surface area contributed by atoms with E-state index in [2.05, 4.69) is 10.3 Å². The molecule has 2 aromatic heterocycles. The van der Waals surface area contributed by atoms with Gasteiger partial charge in [-0.05, 0) is 43.7 Å². The summed E-state index contributed by atoms with van der Waals surface area (Å²) < 4.78 is 5.34. The molecule has 2 heterocycles. The van der Waals surface area contributed by atoms with Crippen LogP contribution in [0.25, 0.3) is 6.08 Å². The molecule has 0 fully saturated rings. The summed E-state index contributed by atoms with van der Waals surface area (Å²) in [6.45, 7) is 2.24. The summed E-state index contributed by atoms with van der Waals surface area (Å²) in [7, 11) is 0. The van der Waals surface area contributed by atoms with Crippen molar-refractivity contribution in [2.45, 2.75) is 13.3 Å². The summed E-state index contributed by atoms with van der Waals surface area (Å²) >= 11 is 0. The number of aliphatic hydroxyl groups is 1. The molecule has 0 aliphatic carbocycles. The van der Waals surface area contributed by atoms with Crippen LogP contribution >= 0.6 is 0 Å². The highest BCUT2D eigenvalue weighted by Gasteiger charge is 2.10. The van der Waals surface area contributed by atoms with E-state index in [4.69, 9.17) is 4.42 Å². The predicted octanol–water partition coefficient (Wildman–Crippen LogP) is 1.96. The Balaban J connectivity index is 1.80. The van der Waals surface area contributed by atoms with E-state index in [0.717, 1.165) is 11.5 Å². The predicted molar refractivity (Wildman–Crippen MR) is 84.0 cm³/mol. The number of aryl methyl sites for hydroxylation is 1. The van der Waals surface area contributed by atoms with Gasteiger partial charge in [-0.1, -0.05) is 6.07 Å². The maximum Gasteiger partial charge on any atom is 0.244 e. The number of aliphatic hydroxyl groups excluding tert-OH is 1. The lowest BCUT2D eigenvalue weighted by molar-refractivity contribution is -0.116. The first-order valence-electron chi connectivity index (χ1n) is 7.20. The van der Waals surface area contributed by atoms with Crippen LogP contribution in [0, 0.1) is 12.8 Å². The Morgan fingerprint density at radius 2 is 2.27 bits per heavy atom. The van der Waals surface area contributed by atoms with E-state index < -0.39 is 0 Å². The Morgan fingerprint density at radius 1 is 1.41 bits per heavy atom. The van der Waals surface area contributed by atoms with Crippen LogP contribution in [0.3, 0.4) is 0 Å². The number of nitrogens with zero attached hydrogens (tertiary/aromatic N) is 1. The highest BCUT2D eigenvalue weighted by atomic mass is 16.3.